The number of likely N-dealkylation sites (tertiary alicyclic amines) is 1. The molecule has 1 aromatic heterocycles. The topological polar surface area (TPSA) is 83.9 Å². The van der Waals surface area contributed by atoms with Gasteiger partial charge in [0, 0.05) is 49.6 Å². The number of ether oxygens (including phenoxy) is 2. The number of benzene rings is 3. The maximum Gasteiger partial charge on any atom is 0.253 e. The van der Waals surface area contributed by atoms with Crippen LogP contribution in [0.1, 0.15) is 92.0 Å². The number of aliphatic hydroxyl groups excluding tert-OH is 1. The summed E-state index contributed by atoms with van der Waals surface area (Å²) in [5.74, 6) is -0.00471. The van der Waals surface area contributed by atoms with Crippen molar-refractivity contribution in [2.45, 2.75) is 84.6 Å². The van der Waals surface area contributed by atoms with Crippen LogP contribution in [0.2, 0.25) is 0 Å². The van der Waals surface area contributed by atoms with Crippen molar-refractivity contribution in [3.8, 4) is 11.1 Å². The Labute approximate surface area is 290 Å². The summed E-state index contributed by atoms with van der Waals surface area (Å²) in [5, 5.41) is 12.7. The van der Waals surface area contributed by atoms with E-state index in [2.05, 4.69) is 85.4 Å². The third kappa shape index (κ3) is 7.36. The minimum absolute atomic E-state index is 0.00356. The fourth-order valence-corrected chi connectivity index (χ4v) is 8.90. The molecule has 1 amide bonds. The predicted octanol–water partition coefficient (Wildman–Crippen LogP) is 7.86. The molecule has 3 aliphatic rings. The summed E-state index contributed by atoms with van der Waals surface area (Å²) >= 11 is 0. The van der Waals surface area contributed by atoms with Crippen molar-refractivity contribution in [2.24, 2.45) is 16.7 Å². The number of aromatic nitrogens is 1. The highest BCUT2D eigenvalue weighted by molar-refractivity contribution is 5.93. The standard InChI is InChI=1S/C42H49N3O4/c1-28-37(24-45-27-42(4)21-35(45)20-41(2,3)26-42)48-40(49-38(28)31-13-11-29(25-46)12-14-31)32-17-15-30(16-18-32)36-10-6-5-8-33(36)23-44-39(47)34-9-7-19-43-22-34/h5-19,22,28,35,37-38,40,46H,20-21,23-27H2,1-4H3,(H,44,47). The highest BCUT2D eigenvalue weighted by atomic mass is 16.7. The number of hydrogen-bond acceptors (Lipinski definition) is 6. The first-order chi connectivity index (χ1) is 23.6. The molecule has 3 heterocycles. The molecule has 7 rings (SSSR count). The monoisotopic (exact) mass is 659 g/mol. The van der Waals surface area contributed by atoms with Gasteiger partial charge >= 0.3 is 0 Å². The van der Waals surface area contributed by atoms with Crippen LogP contribution in [0.5, 0.6) is 0 Å². The third-order valence-corrected chi connectivity index (χ3v) is 10.9. The normalized spacial score (nSPS) is 27.9. The quantitative estimate of drug-likeness (QED) is 0.190. The first-order valence-corrected chi connectivity index (χ1v) is 17.7. The van der Waals surface area contributed by atoms with Crippen LogP contribution < -0.4 is 5.32 Å². The molecule has 256 valence electrons. The summed E-state index contributed by atoms with van der Waals surface area (Å²) in [6, 6.07) is 28.9. The van der Waals surface area contributed by atoms with Gasteiger partial charge < -0.3 is 19.9 Å². The van der Waals surface area contributed by atoms with E-state index in [-0.39, 0.29) is 30.6 Å². The number of aliphatic hydroxyl groups is 1. The average Bonchev–Trinajstić information content (AvgIpc) is 3.35. The van der Waals surface area contributed by atoms with E-state index in [4.69, 9.17) is 9.47 Å². The van der Waals surface area contributed by atoms with Gasteiger partial charge in [-0.3, -0.25) is 14.7 Å². The minimum atomic E-state index is -0.513. The van der Waals surface area contributed by atoms with E-state index in [1.807, 2.05) is 30.3 Å². The van der Waals surface area contributed by atoms with Crippen LogP contribution >= 0.6 is 0 Å². The number of pyridine rings is 1. The molecule has 2 saturated heterocycles. The fraction of sp³-hybridized carbons (Fsp3) is 0.429. The van der Waals surface area contributed by atoms with Gasteiger partial charge in [-0.1, -0.05) is 100 Å². The van der Waals surface area contributed by atoms with Crippen LogP contribution in [-0.2, 0) is 22.6 Å². The summed E-state index contributed by atoms with van der Waals surface area (Å²) in [5.41, 5.74) is 7.39. The van der Waals surface area contributed by atoms with E-state index < -0.39 is 6.29 Å². The van der Waals surface area contributed by atoms with Crippen LogP contribution in [0, 0.1) is 16.7 Å². The van der Waals surface area contributed by atoms with E-state index in [9.17, 15) is 9.90 Å². The van der Waals surface area contributed by atoms with Crippen LogP contribution in [0.15, 0.2) is 97.3 Å². The summed E-state index contributed by atoms with van der Waals surface area (Å²) < 4.78 is 13.7. The number of nitrogens with one attached hydrogen (secondary N) is 1. The van der Waals surface area contributed by atoms with E-state index in [1.165, 1.54) is 19.3 Å². The van der Waals surface area contributed by atoms with Gasteiger partial charge in [0.1, 0.15) is 0 Å². The van der Waals surface area contributed by atoms with Gasteiger partial charge in [0.2, 0.25) is 0 Å². The maximum absolute atomic E-state index is 12.7. The van der Waals surface area contributed by atoms with Gasteiger partial charge in [0.15, 0.2) is 6.29 Å². The SMILES string of the molecule is CC1C(CN2CC3(C)CC2CC(C)(C)C3)OC(c2ccc(-c3ccccc3CNC(=O)c3cccnc3)cc2)OC1c1ccc(CO)cc1. The Morgan fingerprint density at radius 2 is 1.69 bits per heavy atom. The fourth-order valence-electron chi connectivity index (χ4n) is 8.90. The lowest BCUT2D eigenvalue weighted by Gasteiger charge is -2.43. The second-order valence-corrected chi connectivity index (χ2v) is 15.7. The van der Waals surface area contributed by atoms with Gasteiger partial charge in [0.05, 0.1) is 24.4 Å². The lowest BCUT2D eigenvalue weighted by atomic mass is 9.65. The summed E-state index contributed by atoms with van der Waals surface area (Å²) in [7, 11) is 0. The average molecular weight is 660 g/mol. The second kappa shape index (κ2) is 13.8. The Kier molecular flexibility index (Phi) is 9.46. The zero-order valence-corrected chi connectivity index (χ0v) is 29.1. The molecule has 1 aliphatic carbocycles. The van der Waals surface area contributed by atoms with Gasteiger partial charge in [-0.15, -0.1) is 0 Å². The largest absolute Gasteiger partial charge is 0.392 e. The third-order valence-electron chi connectivity index (χ3n) is 10.9. The maximum atomic E-state index is 12.7. The number of amides is 1. The Morgan fingerprint density at radius 3 is 2.43 bits per heavy atom. The van der Waals surface area contributed by atoms with Gasteiger partial charge in [-0.05, 0) is 70.0 Å². The molecule has 4 aromatic rings. The molecule has 49 heavy (non-hydrogen) atoms. The highest BCUT2D eigenvalue weighted by Crippen LogP contribution is 2.53. The van der Waals surface area contributed by atoms with Gasteiger partial charge in [0.25, 0.3) is 5.91 Å². The number of rotatable bonds is 9. The second-order valence-electron chi connectivity index (χ2n) is 15.7. The van der Waals surface area contributed by atoms with Crippen LogP contribution in [-0.4, -0.2) is 46.1 Å². The van der Waals surface area contributed by atoms with E-state index in [1.54, 1.807) is 24.5 Å². The van der Waals surface area contributed by atoms with Crippen LogP contribution in [0.4, 0.5) is 0 Å². The zero-order valence-electron chi connectivity index (χ0n) is 29.1. The molecule has 0 spiro atoms. The molecule has 3 fully saturated rings. The van der Waals surface area contributed by atoms with Crippen LogP contribution in [0.25, 0.3) is 11.1 Å². The lowest BCUT2D eigenvalue weighted by molar-refractivity contribution is -0.276. The first kappa shape index (κ1) is 33.6. The molecule has 7 nitrogen and oxygen atoms in total. The molecule has 7 heteroatoms. The van der Waals surface area contributed by atoms with E-state index in [0.29, 0.717) is 29.0 Å². The van der Waals surface area contributed by atoms with E-state index >= 15 is 0 Å². The van der Waals surface area contributed by atoms with Crippen molar-refractivity contribution in [3.63, 3.8) is 0 Å². The van der Waals surface area contributed by atoms with Crippen molar-refractivity contribution >= 4 is 5.91 Å². The van der Waals surface area contributed by atoms with Crippen molar-refractivity contribution in [2.75, 3.05) is 13.1 Å². The number of carbonyl (C=O) groups is 1. The van der Waals surface area contributed by atoms with Gasteiger partial charge in [-0.2, -0.15) is 0 Å². The summed E-state index contributed by atoms with van der Waals surface area (Å²) in [6.45, 7) is 12.0. The summed E-state index contributed by atoms with van der Waals surface area (Å²) in [6.07, 6.45) is 6.34. The van der Waals surface area contributed by atoms with Gasteiger partial charge in [-0.25, -0.2) is 0 Å². The summed E-state index contributed by atoms with van der Waals surface area (Å²) in [4.78, 5) is 19.5. The Hall–Kier alpha value is -3.88. The molecule has 6 unspecified atom stereocenters. The molecule has 3 aromatic carbocycles. The predicted molar refractivity (Wildman–Crippen MR) is 191 cm³/mol. The zero-order chi connectivity index (χ0) is 34.2. The Bertz CT molecular complexity index is 1740. The number of nitrogens with zero attached hydrogens (tertiary/aromatic N) is 2. The Balaban J connectivity index is 1.11. The van der Waals surface area contributed by atoms with Crippen molar-refractivity contribution < 1.29 is 19.4 Å². The van der Waals surface area contributed by atoms with Crippen LogP contribution in [0.3, 0.4) is 0 Å². The van der Waals surface area contributed by atoms with Crippen molar-refractivity contribution in [1.82, 2.24) is 15.2 Å². The molecule has 2 N–H and O–H groups in total. The number of carbonyl (C=O) groups excluding carboxylic acids is 1. The molecule has 6 atom stereocenters. The highest BCUT2D eigenvalue weighted by Gasteiger charge is 2.51. The molecule has 1 saturated carbocycles. The van der Waals surface area contributed by atoms with Crippen molar-refractivity contribution in [1.29, 1.82) is 0 Å². The smallest absolute Gasteiger partial charge is 0.253 e. The number of fused-ring (bicyclic) bond motifs is 2. The molecule has 2 aliphatic heterocycles. The molecule has 2 bridgehead atoms. The molecular formula is C42H49N3O4. The number of hydrogen-bond donors (Lipinski definition) is 2. The van der Waals surface area contributed by atoms with E-state index in [0.717, 1.165) is 46.5 Å². The first-order valence-electron chi connectivity index (χ1n) is 17.7. The minimum Gasteiger partial charge on any atom is -0.392 e. The molecular weight excluding hydrogens is 610 g/mol. The van der Waals surface area contributed by atoms with Crippen molar-refractivity contribution in [3.05, 3.63) is 125 Å². The lowest BCUT2D eigenvalue weighted by Crippen LogP contribution is -2.46. The molecule has 0 radical (unpaired) electrons. The Morgan fingerprint density at radius 1 is 0.939 bits per heavy atom.